The number of hydrazine groups is 1. The highest BCUT2D eigenvalue weighted by Crippen LogP contribution is 1.93. The van der Waals surface area contributed by atoms with Crippen LogP contribution < -0.4 is 10.8 Å². The summed E-state index contributed by atoms with van der Waals surface area (Å²) in [6.07, 6.45) is 0. The lowest BCUT2D eigenvalue weighted by Gasteiger charge is -2.18. The Morgan fingerprint density at radius 2 is 1.71 bits per heavy atom. The molecule has 2 nitrogen and oxygen atoms in total. The van der Waals surface area contributed by atoms with Gasteiger partial charge in [-0.2, -0.15) is 0 Å². The second-order valence-corrected chi connectivity index (χ2v) is 2.62. The number of rotatable bonds is 1. The van der Waals surface area contributed by atoms with Crippen molar-refractivity contribution in [2.45, 2.75) is 26.3 Å². The van der Waals surface area contributed by atoms with Gasteiger partial charge in [0.05, 0.1) is 0 Å². The SMILES string of the molecule is BNNC(C)(C)C. The predicted molar refractivity (Wildman–Crippen MR) is 34.6 cm³/mol. The van der Waals surface area contributed by atoms with Crippen LogP contribution in [0.2, 0.25) is 0 Å². The molecule has 0 heterocycles. The van der Waals surface area contributed by atoms with Gasteiger partial charge in [-0.05, 0) is 20.8 Å². The Hall–Kier alpha value is -0.0151. The van der Waals surface area contributed by atoms with Crippen molar-refractivity contribution in [2.24, 2.45) is 0 Å². The maximum absolute atomic E-state index is 3.03. The topological polar surface area (TPSA) is 24.1 Å². The Balaban J connectivity index is 3.15. The van der Waals surface area contributed by atoms with E-state index in [9.17, 15) is 0 Å². The van der Waals surface area contributed by atoms with Crippen LogP contribution in [-0.2, 0) is 0 Å². The third kappa shape index (κ3) is 5.98. The molecule has 0 spiro atoms. The van der Waals surface area contributed by atoms with E-state index in [-0.39, 0.29) is 5.54 Å². The van der Waals surface area contributed by atoms with E-state index in [2.05, 4.69) is 31.5 Å². The van der Waals surface area contributed by atoms with Gasteiger partial charge in [-0.1, -0.05) is 0 Å². The summed E-state index contributed by atoms with van der Waals surface area (Å²) >= 11 is 0. The molecule has 0 saturated carbocycles. The summed E-state index contributed by atoms with van der Waals surface area (Å²) in [6.45, 7) is 6.30. The van der Waals surface area contributed by atoms with E-state index in [4.69, 9.17) is 0 Å². The zero-order valence-electron chi connectivity index (χ0n) is 5.50. The van der Waals surface area contributed by atoms with E-state index in [1.807, 2.05) is 7.98 Å². The summed E-state index contributed by atoms with van der Waals surface area (Å²) < 4.78 is 0. The first kappa shape index (κ1) is 6.98. The fraction of sp³-hybridized carbons (Fsp3) is 1.00. The van der Waals surface area contributed by atoms with E-state index < -0.39 is 0 Å². The van der Waals surface area contributed by atoms with Gasteiger partial charge in [0.25, 0.3) is 0 Å². The maximum Gasteiger partial charge on any atom is 0.201 e. The summed E-state index contributed by atoms with van der Waals surface area (Å²) in [5, 5.41) is 2.86. The zero-order valence-corrected chi connectivity index (χ0v) is 5.50. The molecule has 0 aliphatic rings. The smallest absolute Gasteiger partial charge is 0.201 e. The van der Waals surface area contributed by atoms with Crippen molar-refractivity contribution in [3.05, 3.63) is 0 Å². The van der Waals surface area contributed by atoms with Crippen LogP contribution in [0, 0.1) is 0 Å². The van der Waals surface area contributed by atoms with Crippen LogP contribution in [0.15, 0.2) is 0 Å². The molecule has 0 amide bonds. The molecule has 42 valence electrons. The van der Waals surface area contributed by atoms with Crippen molar-refractivity contribution >= 4 is 7.98 Å². The quantitative estimate of drug-likeness (QED) is 0.340. The van der Waals surface area contributed by atoms with Crippen LogP contribution in [0.4, 0.5) is 0 Å². The van der Waals surface area contributed by atoms with Crippen LogP contribution in [0.25, 0.3) is 0 Å². The second kappa shape index (κ2) is 2.33. The van der Waals surface area contributed by atoms with Gasteiger partial charge in [0, 0.05) is 5.54 Å². The molecule has 0 radical (unpaired) electrons. The molecular weight excluding hydrogens is 86.9 g/mol. The van der Waals surface area contributed by atoms with Crippen molar-refractivity contribution in [1.29, 1.82) is 0 Å². The fourth-order valence-electron chi connectivity index (χ4n) is 0.375. The van der Waals surface area contributed by atoms with Gasteiger partial charge in [-0.25, -0.2) is 0 Å². The van der Waals surface area contributed by atoms with E-state index >= 15 is 0 Å². The first-order chi connectivity index (χ1) is 3.06. The lowest BCUT2D eigenvalue weighted by molar-refractivity contribution is 0.412. The molecule has 0 atom stereocenters. The summed E-state index contributed by atoms with van der Waals surface area (Å²) in [6, 6.07) is 0. The van der Waals surface area contributed by atoms with Gasteiger partial charge in [0.2, 0.25) is 7.98 Å². The molecule has 7 heavy (non-hydrogen) atoms. The molecule has 3 heteroatoms. The first-order valence-corrected chi connectivity index (χ1v) is 2.50. The van der Waals surface area contributed by atoms with Gasteiger partial charge in [0.1, 0.15) is 0 Å². The Bertz CT molecular complexity index is 48.1. The minimum absolute atomic E-state index is 0.189. The van der Waals surface area contributed by atoms with E-state index in [1.165, 1.54) is 0 Å². The van der Waals surface area contributed by atoms with Crippen LogP contribution >= 0.6 is 0 Å². The van der Waals surface area contributed by atoms with E-state index in [0.29, 0.717) is 0 Å². The molecule has 0 bridgehead atoms. The molecule has 0 aliphatic carbocycles. The van der Waals surface area contributed by atoms with Crippen LogP contribution in [0.1, 0.15) is 20.8 Å². The van der Waals surface area contributed by atoms with Gasteiger partial charge in [0.15, 0.2) is 0 Å². The highest BCUT2D eigenvalue weighted by atomic mass is 15.3. The number of nitrogens with one attached hydrogen (secondary N) is 2. The number of hydrogen-bond acceptors (Lipinski definition) is 2. The third-order valence-electron chi connectivity index (χ3n) is 0.500. The molecule has 0 aromatic heterocycles. The normalized spacial score (nSPS) is 11.9. The third-order valence-corrected chi connectivity index (χ3v) is 0.500. The zero-order chi connectivity index (χ0) is 5.91. The highest BCUT2D eigenvalue weighted by molar-refractivity contribution is 6.03. The molecule has 0 rings (SSSR count). The number of hydrogen-bond donors (Lipinski definition) is 2. The predicted octanol–water partition coefficient (Wildman–Crippen LogP) is -0.573. The Labute approximate surface area is 46.1 Å². The van der Waals surface area contributed by atoms with Crippen LogP contribution in [-0.4, -0.2) is 13.5 Å². The van der Waals surface area contributed by atoms with Crippen molar-refractivity contribution < 1.29 is 0 Å². The molecule has 0 saturated heterocycles. The average Bonchev–Trinajstić information content (AvgIpc) is 1.30. The fourth-order valence-corrected chi connectivity index (χ4v) is 0.375. The Kier molecular flexibility index (Phi) is 2.33. The van der Waals surface area contributed by atoms with Crippen molar-refractivity contribution in [3.63, 3.8) is 0 Å². The van der Waals surface area contributed by atoms with E-state index in [0.717, 1.165) is 0 Å². The standard InChI is InChI=1S/C4H13BN2/c1-4(2,3)6-7-5/h6-7H,5H2,1-3H3. The van der Waals surface area contributed by atoms with Crippen molar-refractivity contribution in [2.75, 3.05) is 0 Å². The van der Waals surface area contributed by atoms with Gasteiger partial charge in [-0.3, -0.25) is 5.43 Å². The largest absolute Gasteiger partial charge is 0.305 e. The average molecular weight is 100.0 g/mol. The van der Waals surface area contributed by atoms with Gasteiger partial charge >= 0.3 is 0 Å². The van der Waals surface area contributed by atoms with E-state index in [1.54, 1.807) is 0 Å². The van der Waals surface area contributed by atoms with Crippen LogP contribution in [0.3, 0.4) is 0 Å². The molecular formula is C4H13BN2. The molecule has 0 aromatic rings. The van der Waals surface area contributed by atoms with Crippen molar-refractivity contribution in [1.82, 2.24) is 10.8 Å². The minimum Gasteiger partial charge on any atom is -0.305 e. The molecule has 0 aliphatic heterocycles. The lowest BCUT2D eigenvalue weighted by Crippen LogP contribution is -2.44. The minimum atomic E-state index is 0.189. The molecule has 0 fully saturated rings. The second-order valence-electron chi connectivity index (χ2n) is 2.62. The van der Waals surface area contributed by atoms with Gasteiger partial charge in [-0.15, -0.1) is 0 Å². The van der Waals surface area contributed by atoms with Crippen LogP contribution in [0.5, 0.6) is 0 Å². The highest BCUT2D eigenvalue weighted by Gasteiger charge is 2.04. The Morgan fingerprint density at radius 1 is 1.29 bits per heavy atom. The maximum atomic E-state index is 3.03. The Morgan fingerprint density at radius 3 is 1.71 bits per heavy atom. The molecule has 0 unspecified atom stereocenters. The monoisotopic (exact) mass is 100 g/mol. The lowest BCUT2D eigenvalue weighted by atomic mass is 10.1. The van der Waals surface area contributed by atoms with Gasteiger partial charge < -0.3 is 5.34 Å². The molecule has 2 N–H and O–H groups in total. The van der Waals surface area contributed by atoms with Crippen molar-refractivity contribution in [3.8, 4) is 0 Å². The first-order valence-electron chi connectivity index (χ1n) is 2.50. The summed E-state index contributed by atoms with van der Waals surface area (Å²) in [7, 11) is 1.87. The summed E-state index contributed by atoms with van der Waals surface area (Å²) in [5.41, 5.74) is 3.22. The molecule has 0 aromatic carbocycles. The summed E-state index contributed by atoms with van der Waals surface area (Å²) in [5.74, 6) is 0. The summed E-state index contributed by atoms with van der Waals surface area (Å²) in [4.78, 5) is 0.